The number of ether oxygens (including phenoxy) is 5. The highest BCUT2D eigenvalue weighted by atomic mass is 32.3. The van der Waals surface area contributed by atoms with Gasteiger partial charge in [0.1, 0.15) is 30.5 Å². The lowest BCUT2D eigenvalue weighted by Gasteiger charge is -2.46. The van der Waals surface area contributed by atoms with Gasteiger partial charge in [-0.1, -0.05) is 235 Å². The molecule has 0 bridgehead atoms. The number of aliphatic hydroxyl groups is 6. The van der Waals surface area contributed by atoms with Gasteiger partial charge in [0.05, 0.1) is 25.2 Å². The molecule has 7 N–H and O–H groups in total. The third-order valence-corrected chi connectivity index (χ3v) is 17.4. The Labute approximate surface area is 491 Å². The van der Waals surface area contributed by atoms with Gasteiger partial charge in [-0.2, -0.15) is 8.42 Å². The number of hydrogen-bond acceptors (Lipinski definition) is 16. The lowest BCUT2D eigenvalue weighted by atomic mass is 9.82. The number of rotatable bonds is 50. The molecule has 0 aromatic heterocycles. The van der Waals surface area contributed by atoms with Crippen molar-refractivity contribution in [3.63, 3.8) is 0 Å². The summed E-state index contributed by atoms with van der Waals surface area (Å²) >= 11 is 0. The van der Waals surface area contributed by atoms with Crippen LogP contribution < -0.4 is 0 Å². The van der Waals surface area contributed by atoms with Crippen molar-refractivity contribution < 1.29 is 81.1 Å². The summed E-state index contributed by atoms with van der Waals surface area (Å²) in [5.41, 5.74) is 0. The molecular formula is C63H120O17S. The van der Waals surface area contributed by atoms with Crippen LogP contribution in [0.1, 0.15) is 280 Å². The molecule has 2 fully saturated rings. The Bertz CT molecular complexity index is 1670. The van der Waals surface area contributed by atoms with Crippen molar-refractivity contribution in [2.75, 3.05) is 13.2 Å². The van der Waals surface area contributed by atoms with E-state index in [0.29, 0.717) is 24.7 Å². The van der Waals surface area contributed by atoms with Gasteiger partial charge < -0.3 is 54.3 Å². The van der Waals surface area contributed by atoms with Crippen LogP contribution in [0.25, 0.3) is 0 Å². The molecular weight excluding hydrogens is 1060 g/mol. The van der Waals surface area contributed by atoms with Crippen molar-refractivity contribution >= 4 is 22.3 Å². The van der Waals surface area contributed by atoms with Gasteiger partial charge in [-0.05, 0) is 62.2 Å². The molecule has 0 radical (unpaired) electrons. The Morgan fingerprint density at radius 3 is 1.30 bits per heavy atom. The maximum absolute atomic E-state index is 14.0. The molecule has 2 aliphatic rings. The summed E-state index contributed by atoms with van der Waals surface area (Å²) in [5.74, 6) is -1.20. The molecule has 81 heavy (non-hydrogen) atoms. The molecule has 2 saturated heterocycles. The van der Waals surface area contributed by atoms with Crippen molar-refractivity contribution in [3.8, 4) is 0 Å². The van der Waals surface area contributed by atoms with Gasteiger partial charge in [0, 0.05) is 6.42 Å². The van der Waals surface area contributed by atoms with E-state index in [1.54, 1.807) is 6.92 Å². The summed E-state index contributed by atoms with van der Waals surface area (Å²) in [5, 5.41) is 64.3. The van der Waals surface area contributed by atoms with Crippen molar-refractivity contribution in [1.82, 2.24) is 0 Å². The topological polar surface area (TPSA) is 265 Å². The third-order valence-electron chi connectivity index (χ3n) is 16.9. The number of carbonyl (C=O) groups is 2. The minimum atomic E-state index is -5.32. The molecule has 2 heterocycles. The molecule has 480 valence electrons. The highest BCUT2D eigenvalue weighted by Crippen LogP contribution is 2.35. The molecule has 0 amide bonds. The van der Waals surface area contributed by atoms with E-state index in [4.69, 9.17) is 23.7 Å². The quantitative estimate of drug-likeness (QED) is 0.0170. The molecule has 0 spiro atoms. The zero-order valence-electron chi connectivity index (χ0n) is 51.7. The SMILES string of the molecule is CCCCCCCCCCCCCCCCCC(=O)O[C@@H]1C(OC(=O)[C@@H](C)C[C@@H](C)C[C@@H](C)C[C@@H](C)C[C@@H](C)C(O)CCCCCCCCCCCCCCCCC)[C@H](O)C(CO)O[C@@H]1O[C@H]1OC(CO)[C@@H](O)C(O)[C@@H]1OS(=O)(=O)O. The predicted molar refractivity (Wildman–Crippen MR) is 316 cm³/mol. The summed E-state index contributed by atoms with van der Waals surface area (Å²) in [6.07, 6.45) is 21.8. The average Bonchev–Trinajstić information content (AvgIpc) is 3.55. The maximum Gasteiger partial charge on any atom is 0.397 e. The van der Waals surface area contributed by atoms with Crippen molar-refractivity contribution in [3.05, 3.63) is 0 Å². The first-order valence-corrected chi connectivity index (χ1v) is 34.1. The number of aliphatic hydroxyl groups excluding tert-OH is 6. The summed E-state index contributed by atoms with van der Waals surface area (Å²) in [4.78, 5) is 27.6. The average molecular weight is 1180 g/mol. The second-order valence-electron chi connectivity index (χ2n) is 25.0. The van der Waals surface area contributed by atoms with E-state index >= 15 is 0 Å². The molecule has 16 atom stereocenters. The van der Waals surface area contributed by atoms with E-state index in [-0.39, 0.29) is 24.4 Å². The van der Waals surface area contributed by atoms with Crippen LogP contribution in [0.4, 0.5) is 0 Å². The van der Waals surface area contributed by atoms with Crippen LogP contribution in [0.15, 0.2) is 0 Å². The van der Waals surface area contributed by atoms with Crippen LogP contribution in [0.2, 0.25) is 0 Å². The van der Waals surface area contributed by atoms with E-state index in [9.17, 15) is 53.2 Å². The first-order valence-electron chi connectivity index (χ1n) is 32.7. The largest absolute Gasteiger partial charge is 0.455 e. The van der Waals surface area contributed by atoms with E-state index in [0.717, 1.165) is 70.6 Å². The van der Waals surface area contributed by atoms with Gasteiger partial charge in [-0.25, -0.2) is 4.18 Å². The lowest BCUT2D eigenvalue weighted by molar-refractivity contribution is -0.374. The molecule has 18 heteroatoms. The highest BCUT2D eigenvalue weighted by Gasteiger charge is 2.55. The third kappa shape index (κ3) is 33.2. The molecule has 5 unspecified atom stereocenters. The fourth-order valence-corrected chi connectivity index (χ4v) is 12.7. The van der Waals surface area contributed by atoms with Gasteiger partial charge in [-0.15, -0.1) is 0 Å². The molecule has 2 rings (SSSR count). The van der Waals surface area contributed by atoms with Crippen LogP contribution in [-0.2, 0) is 47.9 Å². The minimum Gasteiger partial charge on any atom is -0.455 e. The van der Waals surface area contributed by atoms with Gasteiger partial charge in [-0.3, -0.25) is 14.1 Å². The number of hydrogen-bond donors (Lipinski definition) is 7. The van der Waals surface area contributed by atoms with Gasteiger partial charge >= 0.3 is 22.3 Å². The maximum atomic E-state index is 14.0. The smallest absolute Gasteiger partial charge is 0.397 e. The molecule has 0 aliphatic carbocycles. The van der Waals surface area contributed by atoms with Crippen LogP contribution in [0, 0.1) is 29.6 Å². The van der Waals surface area contributed by atoms with Crippen molar-refractivity contribution in [2.24, 2.45) is 29.6 Å². The van der Waals surface area contributed by atoms with E-state index in [1.165, 1.54) is 141 Å². The fraction of sp³-hybridized carbons (Fsp3) is 0.968. The summed E-state index contributed by atoms with van der Waals surface area (Å²) in [6.45, 7) is 13.1. The van der Waals surface area contributed by atoms with Gasteiger partial charge in [0.15, 0.2) is 24.6 Å². The minimum absolute atomic E-state index is 0.0582. The zero-order valence-corrected chi connectivity index (χ0v) is 52.5. The fourth-order valence-electron chi connectivity index (χ4n) is 12.2. The van der Waals surface area contributed by atoms with Crippen molar-refractivity contribution in [2.45, 2.75) is 347 Å². The Morgan fingerprint density at radius 1 is 0.481 bits per heavy atom. The molecule has 0 aromatic carbocycles. The van der Waals surface area contributed by atoms with Gasteiger partial charge in [0.25, 0.3) is 0 Å². The Hall–Kier alpha value is -1.55. The monoisotopic (exact) mass is 1180 g/mol. The second-order valence-corrected chi connectivity index (χ2v) is 26.1. The first-order chi connectivity index (χ1) is 38.8. The molecule has 17 nitrogen and oxygen atoms in total. The zero-order chi connectivity index (χ0) is 60.0. The summed E-state index contributed by atoms with van der Waals surface area (Å²) in [7, 11) is -5.32. The normalized spacial score (nSPS) is 25.7. The van der Waals surface area contributed by atoms with E-state index in [2.05, 4.69) is 45.7 Å². The number of esters is 2. The van der Waals surface area contributed by atoms with Crippen LogP contribution in [0.3, 0.4) is 0 Å². The van der Waals surface area contributed by atoms with E-state index < -0.39 is 103 Å². The second kappa shape index (κ2) is 44.8. The van der Waals surface area contributed by atoms with Gasteiger partial charge in [0.2, 0.25) is 6.29 Å². The van der Waals surface area contributed by atoms with E-state index in [1.807, 2.05) is 0 Å². The summed E-state index contributed by atoms with van der Waals surface area (Å²) in [6, 6.07) is 0. The predicted octanol–water partition coefficient (Wildman–Crippen LogP) is 12.2. The molecule has 2 aliphatic heterocycles. The van der Waals surface area contributed by atoms with Crippen LogP contribution in [-0.4, -0.2) is 136 Å². The highest BCUT2D eigenvalue weighted by molar-refractivity contribution is 7.80. The molecule has 0 saturated carbocycles. The number of unbranched alkanes of at least 4 members (excludes halogenated alkanes) is 28. The standard InChI is InChI=1S/C63H120O17S/c1-8-10-12-14-16-18-20-22-24-26-28-30-32-34-36-38-51(66)49(6)42-47(4)40-46(3)41-48(5)43-50(7)61(71)78-58-56(69)53(45-65)76-63(79-62-59(80-81(72,73)74)57(70)55(68)52(44-64)75-62)60(58)77-54(67)39-37-35-33-31-29-27-25-23-21-19-17-15-13-11-9-2/h46-53,55-60,62-66,68-70H,8-45H2,1-7H3,(H,72,73,74)/t46-,47+,48-,49+,50-,51?,52?,53?,55+,56+,57?,58?,59-,60+,62+,63+/m0/s1. The van der Waals surface area contributed by atoms with Crippen molar-refractivity contribution in [1.29, 1.82) is 0 Å². The lowest BCUT2D eigenvalue weighted by Crippen LogP contribution is -2.65. The van der Waals surface area contributed by atoms with Crippen LogP contribution in [0.5, 0.6) is 0 Å². The Balaban J connectivity index is 1.98. The molecule has 0 aromatic rings. The first kappa shape index (κ1) is 75.5. The van der Waals surface area contributed by atoms with Crippen LogP contribution >= 0.6 is 0 Å². The summed E-state index contributed by atoms with van der Waals surface area (Å²) < 4.78 is 67.2. The number of carbonyl (C=O) groups excluding carboxylic acids is 2. The Kier molecular flexibility index (Phi) is 41.8. The Morgan fingerprint density at radius 2 is 0.864 bits per heavy atom.